The lowest BCUT2D eigenvalue weighted by Gasteiger charge is -2.05. The number of hydrogen-bond acceptors (Lipinski definition) is 2. The summed E-state index contributed by atoms with van der Waals surface area (Å²) in [6.07, 6.45) is 7.69. The van der Waals surface area contributed by atoms with Crippen LogP contribution in [0.1, 0.15) is 6.42 Å². The molecule has 0 N–H and O–H groups in total. The maximum Gasteiger partial charge on any atom is 0.399 e. The van der Waals surface area contributed by atoms with E-state index in [4.69, 9.17) is 20.3 Å². The molecule has 50 valence electrons. The van der Waals surface area contributed by atoms with E-state index in [2.05, 4.69) is 0 Å². The van der Waals surface area contributed by atoms with Crippen LogP contribution in [-0.2, 0) is 9.05 Å². The Morgan fingerprint density at radius 3 is 2.33 bits per heavy atom. The van der Waals surface area contributed by atoms with Crippen molar-refractivity contribution in [2.75, 3.05) is 0 Å². The van der Waals surface area contributed by atoms with Gasteiger partial charge in [-0.2, -0.15) is 0 Å². The highest BCUT2D eigenvalue weighted by Crippen LogP contribution is 2.44. The van der Waals surface area contributed by atoms with Gasteiger partial charge in [0.25, 0.3) is 0 Å². The summed E-state index contributed by atoms with van der Waals surface area (Å²) in [4.78, 5) is 0. The van der Waals surface area contributed by atoms with Crippen LogP contribution in [-0.4, -0.2) is 0 Å². The summed E-state index contributed by atoms with van der Waals surface area (Å²) in [5.74, 6) is 0. The highest BCUT2D eigenvalue weighted by Gasteiger charge is 2.02. The number of rotatable bonds is 0. The van der Waals surface area contributed by atoms with Gasteiger partial charge in [-0.15, -0.1) is 0 Å². The van der Waals surface area contributed by atoms with Gasteiger partial charge in [0.1, 0.15) is 0 Å². The van der Waals surface area contributed by atoms with Gasteiger partial charge in [-0.05, 0) is 29.8 Å². The van der Waals surface area contributed by atoms with E-state index >= 15 is 0 Å². The average Bonchev–Trinajstić information content (AvgIpc) is 1.79. The van der Waals surface area contributed by atoms with Crippen molar-refractivity contribution in [2.45, 2.75) is 6.42 Å². The van der Waals surface area contributed by atoms with Crippen LogP contribution in [0.3, 0.4) is 0 Å². The SMILES string of the molecule is ClP1OC=CCC=CO1. The molecule has 1 rings (SSSR count). The summed E-state index contributed by atoms with van der Waals surface area (Å²) in [6, 6.07) is 0. The van der Waals surface area contributed by atoms with Crippen LogP contribution in [0.4, 0.5) is 0 Å². The Balaban J connectivity index is 2.40. The third-order valence-electron chi connectivity index (χ3n) is 0.752. The van der Waals surface area contributed by atoms with Gasteiger partial charge >= 0.3 is 7.73 Å². The third kappa shape index (κ3) is 2.73. The predicted octanol–water partition coefficient (Wildman–Crippen LogP) is 2.92. The van der Waals surface area contributed by atoms with Crippen LogP contribution in [0.25, 0.3) is 0 Å². The quantitative estimate of drug-likeness (QED) is 0.513. The first-order valence-electron chi connectivity index (χ1n) is 2.49. The Hall–Kier alpha value is -0.200. The Labute approximate surface area is 59.8 Å². The van der Waals surface area contributed by atoms with Crippen molar-refractivity contribution in [3.63, 3.8) is 0 Å². The Kier molecular flexibility index (Phi) is 2.88. The molecule has 0 spiro atoms. The maximum absolute atomic E-state index is 5.51. The van der Waals surface area contributed by atoms with Gasteiger partial charge in [-0.25, -0.2) is 0 Å². The summed E-state index contributed by atoms with van der Waals surface area (Å²) in [7, 11) is -1.24. The zero-order valence-corrected chi connectivity index (χ0v) is 6.31. The number of halogens is 1. The topological polar surface area (TPSA) is 18.5 Å². The Bertz CT molecular complexity index is 121. The lowest BCUT2D eigenvalue weighted by Crippen LogP contribution is -1.74. The second kappa shape index (κ2) is 3.76. The first-order valence-corrected chi connectivity index (χ1v) is 4.57. The number of allylic oxidation sites excluding steroid dienone is 2. The molecule has 1 aliphatic rings. The van der Waals surface area contributed by atoms with Crippen LogP contribution < -0.4 is 0 Å². The van der Waals surface area contributed by atoms with Gasteiger partial charge < -0.3 is 9.05 Å². The molecule has 1 heterocycles. The zero-order chi connectivity index (χ0) is 6.53. The van der Waals surface area contributed by atoms with Crippen molar-refractivity contribution in [1.82, 2.24) is 0 Å². The summed E-state index contributed by atoms with van der Waals surface area (Å²) in [5, 5.41) is 0. The van der Waals surface area contributed by atoms with Crippen LogP contribution in [0, 0.1) is 0 Å². The molecule has 0 aromatic carbocycles. The molecule has 1 aliphatic heterocycles. The largest absolute Gasteiger partial charge is 0.436 e. The fourth-order valence-electron chi connectivity index (χ4n) is 0.396. The van der Waals surface area contributed by atoms with E-state index in [0.717, 1.165) is 6.42 Å². The van der Waals surface area contributed by atoms with Crippen LogP contribution >= 0.6 is 19.0 Å². The van der Waals surface area contributed by atoms with Gasteiger partial charge in [-0.3, -0.25) is 0 Å². The lowest BCUT2D eigenvalue weighted by atomic mass is 10.4. The fourth-order valence-corrected chi connectivity index (χ4v) is 1.09. The molecule has 0 atom stereocenters. The third-order valence-corrected chi connectivity index (χ3v) is 1.81. The second-order valence-corrected chi connectivity index (χ2v) is 3.08. The molecule has 0 saturated carbocycles. The van der Waals surface area contributed by atoms with E-state index < -0.39 is 7.73 Å². The molecule has 0 unspecified atom stereocenters. The molecule has 0 saturated heterocycles. The molecular weight excluding hydrogens is 158 g/mol. The van der Waals surface area contributed by atoms with Crippen molar-refractivity contribution < 1.29 is 9.05 Å². The normalized spacial score (nSPS) is 25.7. The Morgan fingerprint density at radius 2 is 1.78 bits per heavy atom. The minimum atomic E-state index is -1.24. The molecule has 0 aromatic rings. The fraction of sp³-hybridized carbons (Fsp3) is 0.200. The minimum Gasteiger partial charge on any atom is -0.436 e. The maximum atomic E-state index is 5.51. The molecule has 0 bridgehead atoms. The highest BCUT2D eigenvalue weighted by atomic mass is 35.7. The van der Waals surface area contributed by atoms with Gasteiger partial charge in [0, 0.05) is 0 Å². The molecule has 0 aliphatic carbocycles. The van der Waals surface area contributed by atoms with E-state index in [1.807, 2.05) is 12.2 Å². The first kappa shape index (κ1) is 6.91. The minimum absolute atomic E-state index is 0.833. The lowest BCUT2D eigenvalue weighted by molar-refractivity contribution is 0.420. The smallest absolute Gasteiger partial charge is 0.399 e. The van der Waals surface area contributed by atoms with Crippen molar-refractivity contribution in [3.05, 3.63) is 24.7 Å². The van der Waals surface area contributed by atoms with Gasteiger partial charge in [-0.1, -0.05) is 0 Å². The van der Waals surface area contributed by atoms with E-state index in [1.165, 1.54) is 0 Å². The standard InChI is InChI=1S/C5H6ClO2P/c6-9-7-4-2-1-3-5-8-9/h2-5H,1H2. The molecule has 0 radical (unpaired) electrons. The summed E-state index contributed by atoms with van der Waals surface area (Å²) in [5.41, 5.74) is 0. The van der Waals surface area contributed by atoms with Crippen molar-refractivity contribution in [3.8, 4) is 0 Å². The van der Waals surface area contributed by atoms with E-state index in [-0.39, 0.29) is 0 Å². The van der Waals surface area contributed by atoms with E-state index in [1.54, 1.807) is 12.5 Å². The molecule has 4 heteroatoms. The second-order valence-electron chi connectivity index (χ2n) is 1.40. The van der Waals surface area contributed by atoms with Crippen LogP contribution in [0.5, 0.6) is 0 Å². The molecule has 0 fully saturated rings. The molecule has 0 amide bonds. The molecule has 9 heavy (non-hydrogen) atoms. The van der Waals surface area contributed by atoms with Crippen LogP contribution in [0.2, 0.25) is 0 Å². The number of hydrogen-bond donors (Lipinski definition) is 0. The van der Waals surface area contributed by atoms with Crippen molar-refractivity contribution in [2.24, 2.45) is 0 Å². The van der Waals surface area contributed by atoms with E-state index in [0.29, 0.717) is 0 Å². The zero-order valence-electron chi connectivity index (χ0n) is 4.66. The van der Waals surface area contributed by atoms with Crippen molar-refractivity contribution in [1.29, 1.82) is 0 Å². The monoisotopic (exact) mass is 164 g/mol. The van der Waals surface area contributed by atoms with Crippen LogP contribution in [0.15, 0.2) is 24.7 Å². The molecule has 2 nitrogen and oxygen atoms in total. The van der Waals surface area contributed by atoms with Gasteiger partial charge in [0.2, 0.25) is 0 Å². The average molecular weight is 165 g/mol. The van der Waals surface area contributed by atoms with Gasteiger partial charge in [0.15, 0.2) is 0 Å². The highest BCUT2D eigenvalue weighted by molar-refractivity contribution is 7.76. The van der Waals surface area contributed by atoms with E-state index in [9.17, 15) is 0 Å². The Morgan fingerprint density at radius 1 is 1.22 bits per heavy atom. The summed E-state index contributed by atoms with van der Waals surface area (Å²) >= 11 is 5.51. The van der Waals surface area contributed by atoms with Crippen molar-refractivity contribution >= 4 is 19.0 Å². The summed E-state index contributed by atoms with van der Waals surface area (Å²) in [6.45, 7) is 0. The molecule has 0 aromatic heterocycles. The molecular formula is C5H6ClO2P. The van der Waals surface area contributed by atoms with Gasteiger partial charge in [0.05, 0.1) is 12.5 Å². The summed E-state index contributed by atoms with van der Waals surface area (Å²) < 4.78 is 9.72. The predicted molar refractivity (Wildman–Crippen MR) is 37.8 cm³/mol. The first-order chi connectivity index (χ1) is 4.39.